The number of aromatic nitrogens is 2. The topological polar surface area (TPSA) is 66.2 Å². The lowest BCUT2D eigenvalue weighted by Gasteiger charge is -2.48. The number of anilines is 3. The van der Waals surface area contributed by atoms with Crippen LogP contribution < -0.4 is 10.2 Å². The van der Waals surface area contributed by atoms with Crippen molar-refractivity contribution in [3.63, 3.8) is 0 Å². The average Bonchev–Trinajstić information content (AvgIpc) is 3.41. The molecule has 2 N–H and O–H groups in total. The Morgan fingerprint density at radius 3 is 2.67 bits per heavy atom. The normalized spacial score (nSPS) is 21.1. The first-order valence-electron chi connectivity index (χ1n) is 9.64. The maximum Gasteiger partial charge on any atom is 0.0770 e. The first kappa shape index (κ1) is 17.1. The summed E-state index contributed by atoms with van der Waals surface area (Å²) in [5.41, 5.74) is 4.06. The molecule has 3 heterocycles. The number of halogens is 1. The summed E-state index contributed by atoms with van der Waals surface area (Å²) in [6.07, 6.45) is 9.95. The second-order valence-corrected chi connectivity index (χ2v) is 8.49. The molecule has 1 aromatic heterocycles. The van der Waals surface area contributed by atoms with Crippen LogP contribution in [0.4, 0.5) is 17.1 Å². The maximum atomic E-state index is 7.76. The summed E-state index contributed by atoms with van der Waals surface area (Å²) in [5, 5.41) is 16.3. The summed E-state index contributed by atoms with van der Waals surface area (Å²) in [6, 6.07) is 4.51. The molecular formula is C20H24ClN5O. The number of nitrogens with one attached hydrogen (secondary N) is 2. The van der Waals surface area contributed by atoms with Gasteiger partial charge in [0.1, 0.15) is 0 Å². The molecule has 142 valence electrons. The SMILES string of the molecule is N=Cc1cc(Cl)c(N2CCC3(CC2)COC3)cc1Nc1cnn(C2CC2)c1. The van der Waals surface area contributed by atoms with Gasteiger partial charge >= 0.3 is 0 Å². The molecular weight excluding hydrogens is 362 g/mol. The van der Waals surface area contributed by atoms with Crippen molar-refractivity contribution in [1.82, 2.24) is 9.78 Å². The molecule has 2 aliphatic heterocycles. The lowest BCUT2D eigenvalue weighted by Crippen LogP contribution is -2.51. The van der Waals surface area contributed by atoms with E-state index in [0.29, 0.717) is 16.5 Å². The van der Waals surface area contributed by atoms with Gasteiger partial charge in [-0.2, -0.15) is 5.10 Å². The third-order valence-corrected chi connectivity index (χ3v) is 6.36. The van der Waals surface area contributed by atoms with E-state index in [-0.39, 0.29) is 0 Å². The molecule has 6 nitrogen and oxygen atoms in total. The van der Waals surface area contributed by atoms with Crippen molar-refractivity contribution in [2.45, 2.75) is 31.7 Å². The van der Waals surface area contributed by atoms with Gasteiger partial charge in [-0.25, -0.2) is 0 Å². The Hall–Kier alpha value is -2.05. The Morgan fingerprint density at radius 2 is 2.04 bits per heavy atom. The van der Waals surface area contributed by atoms with Crippen LogP contribution in [0.1, 0.15) is 37.3 Å². The maximum absolute atomic E-state index is 7.76. The molecule has 3 aliphatic rings. The number of ether oxygens (including phenoxy) is 1. The van der Waals surface area contributed by atoms with Gasteiger partial charge in [-0.15, -0.1) is 0 Å². The van der Waals surface area contributed by atoms with Crippen LogP contribution in [0.2, 0.25) is 5.02 Å². The Morgan fingerprint density at radius 1 is 1.26 bits per heavy atom. The van der Waals surface area contributed by atoms with Gasteiger partial charge in [-0.05, 0) is 37.8 Å². The van der Waals surface area contributed by atoms with Gasteiger partial charge in [0.05, 0.1) is 41.8 Å². The largest absolute Gasteiger partial charge is 0.380 e. The zero-order valence-electron chi connectivity index (χ0n) is 15.2. The third-order valence-electron chi connectivity index (χ3n) is 6.06. The van der Waals surface area contributed by atoms with E-state index in [1.165, 1.54) is 19.1 Å². The fraction of sp³-hybridized carbons (Fsp3) is 0.500. The Labute approximate surface area is 164 Å². The van der Waals surface area contributed by atoms with E-state index in [1.54, 1.807) is 0 Å². The molecule has 27 heavy (non-hydrogen) atoms. The molecule has 0 atom stereocenters. The van der Waals surface area contributed by atoms with Crippen molar-refractivity contribution in [1.29, 1.82) is 5.41 Å². The van der Waals surface area contributed by atoms with Crippen molar-refractivity contribution in [2.75, 3.05) is 36.5 Å². The third kappa shape index (κ3) is 3.21. The molecule has 5 rings (SSSR count). The molecule has 2 saturated heterocycles. The highest BCUT2D eigenvalue weighted by atomic mass is 35.5. The van der Waals surface area contributed by atoms with E-state index in [4.69, 9.17) is 21.7 Å². The molecule has 0 unspecified atom stereocenters. The van der Waals surface area contributed by atoms with Gasteiger partial charge in [0.2, 0.25) is 0 Å². The summed E-state index contributed by atoms with van der Waals surface area (Å²) >= 11 is 6.58. The number of hydrogen-bond acceptors (Lipinski definition) is 5. The number of rotatable bonds is 5. The molecule has 0 radical (unpaired) electrons. The van der Waals surface area contributed by atoms with E-state index in [2.05, 4.69) is 21.4 Å². The van der Waals surface area contributed by atoms with E-state index < -0.39 is 0 Å². The van der Waals surface area contributed by atoms with Crippen LogP contribution in [0.15, 0.2) is 24.5 Å². The van der Waals surface area contributed by atoms with Crippen molar-refractivity contribution in [3.8, 4) is 0 Å². The molecule has 1 spiro atoms. The van der Waals surface area contributed by atoms with E-state index >= 15 is 0 Å². The minimum Gasteiger partial charge on any atom is -0.380 e. The predicted molar refractivity (Wildman–Crippen MR) is 108 cm³/mol. The minimum atomic E-state index is 0.399. The fourth-order valence-electron chi connectivity index (χ4n) is 4.05. The Bertz CT molecular complexity index is 861. The lowest BCUT2D eigenvalue weighted by molar-refractivity contribution is -0.124. The highest BCUT2D eigenvalue weighted by Gasteiger charge is 2.41. The minimum absolute atomic E-state index is 0.399. The van der Waals surface area contributed by atoms with E-state index in [9.17, 15) is 0 Å². The summed E-state index contributed by atoms with van der Waals surface area (Å²) < 4.78 is 7.45. The molecule has 1 aliphatic carbocycles. The highest BCUT2D eigenvalue weighted by Crippen LogP contribution is 2.42. The number of nitrogens with zero attached hydrogens (tertiary/aromatic N) is 3. The summed E-state index contributed by atoms with van der Waals surface area (Å²) in [4.78, 5) is 2.36. The first-order valence-corrected chi connectivity index (χ1v) is 10.0. The van der Waals surface area contributed by atoms with Gasteiger partial charge < -0.3 is 20.4 Å². The van der Waals surface area contributed by atoms with Crippen LogP contribution in [0, 0.1) is 10.8 Å². The van der Waals surface area contributed by atoms with Crippen LogP contribution >= 0.6 is 11.6 Å². The van der Waals surface area contributed by atoms with Crippen molar-refractivity contribution in [2.24, 2.45) is 5.41 Å². The Kier molecular flexibility index (Phi) is 4.13. The van der Waals surface area contributed by atoms with Gasteiger partial charge in [0.15, 0.2) is 0 Å². The zero-order valence-corrected chi connectivity index (χ0v) is 16.0. The van der Waals surface area contributed by atoms with Crippen molar-refractivity contribution >= 4 is 34.9 Å². The standard InChI is InChI=1S/C20H24ClN5O/c21-17-7-14(9-22)18(24-15-10-23-26(11-15)16-1-2-16)8-19(17)25-5-3-20(4-6-25)12-27-13-20/h7-11,16,22,24H,1-6,12-13H2. The number of piperidine rings is 1. The van der Waals surface area contributed by atoms with Crippen molar-refractivity contribution < 1.29 is 4.74 Å². The van der Waals surface area contributed by atoms with Crippen LogP contribution in [-0.4, -0.2) is 42.3 Å². The van der Waals surface area contributed by atoms with Gasteiger partial charge in [-0.1, -0.05) is 11.6 Å². The molecule has 1 saturated carbocycles. The molecule has 3 fully saturated rings. The molecule has 2 aromatic rings. The molecule has 0 bridgehead atoms. The monoisotopic (exact) mass is 385 g/mol. The van der Waals surface area contributed by atoms with Gasteiger partial charge in [0.25, 0.3) is 0 Å². The second-order valence-electron chi connectivity index (χ2n) is 8.08. The van der Waals surface area contributed by atoms with E-state index in [1.807, 2.05) is 23.1 Å². The molecule has 1 aromatic carbocycles. The number of hydrogen-bond donors (Lipinski definition) is 2. The van der Waals surface area contributed by atoms with Crippen LogP contribution in [0.3, 0.4) is 0 Å². The Balaban J connectivity index is 1.38. The van der Waals surface area contributed by atoms with E-state index in [0.717, 1.165) is 61.8 Å². The predicted octanol–water partition coefficient (Wildman–Crippen LogP) is 4.23. The highest BCUT2D eigenvalue weighted by molar-refractivity contribution is 6.33. The molecule has 7 heteroatoms. The second kappa shape index (κ2) is 6.53. The fourth-order valence-corrected chi connectivity index (χ4v) is 4.34. The smallest absolute Gasteiger partial charge is 0.0770 e. The van der Waals surface area contributed by atoms with Crippen molar-refractivity contribution in [3.05, 3.63) is 35.1 Å². The van der Waals surface area contributed by atoms with Gasteiger partial charge in [0, 0.05) is 42.2 Å². The summed E-state index contributed by atoms with van der Waals surface area (Å²) in [6.45, 7) is 3.79. The zero-order chi connectivity index (χ0) is 18.4. The number of benzene rings is 1. The van der Waals surface area contributed by atoms with Crippen LogP contribution in [0.25, 0.3) is 0 Å². The molecule has 0 amide bonds. The quantitative estimate of drug-likeness (QED) is 0.756. The first-order chi connectivity index (χ1) is 13.2. The average molecular weight is 386 g/mol. The summed E-state index contributed by atoms with van der Waals surface area (Å²) in [5.74, 6) is 0. The summed E-state index contributed by atoms with van der Waals surface area (Å²) in [7, 11) is 0. The van der Waals surface area contributed by atoms with Crippen LogP contribution in [0.5, 0.6) is 0 Å². The van der Waals surface area contributed by atoms with Crippen LogP contribution in [-0.2, 0) is 4.74 Å². The lowest BCUT2D eigenvalue weighted by atomic mass is 9.77. The van der Waals surface area contributed by atoms with Gasteiger partial charge in [-0.3, -0.25) is 4.68 Å².